The lowest BCUT2D eigenvalue weighted by atomic mass is 9.73. The average molecular weight is 396 g/mol. The molecule has 1 aliphatic rings. The summed E-state index contributed by atoms with van der Waals surface area (Å²) in [7, 11) is 0. The zero-order valence-corrected chi connectivity index (χ0v) is 19.3. The quantitative estimate of drug-likeness (QED) is 0.289. The van der Waals surface area contributed by atoms with Crippen LogP contribution in [-0.2, 0) is 12.8 Å². The molecule has 1 saturated carbocycles. The molecule has 0 aliphatic heterocycles. The van der Waals surface area contributed by atoms with E-state index in [4.69, 9.17) is 0 Å². The number of hydrogen-bond donors (Lipinski definition) is 0. The Morgan fingerprint density at radius 1 is 0.793 bits per heavy atom. The summed E-state index contributed by atoms with van der Waals surface area (Å²) in [6, 6.07) is 11.8. The van der Waals surface area contributed by atoms with Crippen LogP contribution < -0.4 is 0 Å². The van der Waals surface area contributed by atoms with E-state index in [1.54, 1.807) is 0 Å². The third-order valence-corrected chi connectivity index (χ3v) is 7.14. The van der Waals surface area contributed by atoms with Crippen LogP contribution in [0.4, 0.5) is 0 Å². The van der Waals surface area contributed by atoms with Crippen molar-refractivity contribution in [1.82, 2.24) is 0 Å². The van der Waals surface area contributed by atoms with Gasteiger partial charge in [0.15, 0.2) is 0 Å². The molecule has 0 saturated heterocycles. The molecule has 0 N–H and O–H groups in total. The van der Waals surface area contributed by atoms with Gasteiger partial charge in [-0.05, 0) is 55.1 Å². The van der Waals surface area contributed by atoms with Crippen molar-refractivity contribution in [2.75, 3.05) is 0 Å². The second kappa shape index (κ2) is 14.7. The summed E-state index contributed by atoms with van der Waals surface area (Å²) >= 11 is 0. The second-order valence-corrected chi connectivity index (χ2v) is 9.55. The number of nitrogens with zero attached hydrogens (tertiary/aromatic N) is 1. The van der Waals surface area contributed by atoms with Crippen molar-refractivity contribution >= 4 is 0 Å². The molecular formula is C28H45N. The number of rotatable bonds is 14. The molecule has 1 aliphatic carbocycles. The van der Waals surface area contributed by atoms with Crippen LogP contribution in [0.1, 0.15) is 115 Å². The molecule has 1 atom stereocenters. The molecular weight excluding hydrogens is 350 g/mol. The maximum absolute atomic E-state index is 9.80. The third kappa shape index (κ3) is 9.37. The van der Waals surface area contributed by atoms with E-state index in [0.29, 0.717) is 5.92 Å². The maximum atomic E-state index is 9.80. The van der Waals surface area contributed by atoms with E-state index >= 15 is 0 Å². The topological polar surface area (TPSA) is 23.8 Å². The van der Waals surface area contributed by atoms with Crippen molar-refractivity contribution in [2.45, 2.75) is 117 Å². The van der Waals surface area contributed by atoms with Crippen molar-refractivity contribution < 1.29 is 0 Å². The largest absolute Gasteiger partial charge is 0.198 e. The zero-order chi connectivity index (χ0) is 20.7. The van der Waals surface area contributed by atoms with Gasteiger partial charge in [-0.1, -0.05) is 109 Å². The van der Waals surface area contributed by atoms with Gasteiger partial charge in [0.2, 0.25) is 0 Å². The zero-order valence-electron chi connectivity index (χ0n) is 19.3. The lowest BCUT2D eigenvalue weighted by molar-refractivity contribution is 0.220. The Labute approximate surface area is 181 Å². The summed E-state index contributed by atoms with van der Waals surface area (Å²) in [6.45, 7) is 4.55. The molecule has 1 fully saturated rings. The van der Waals surface area contributed by atoms with Gasteiger partial charge >= 0.3 is 0 Å². The predicted octanol–water partition coefficient (Wildman–Crippen LogP) is 8.66. The molecule has 0 spiro atoms. The number of nitriles is 1. The van der Waals surface area contributed by atoms with Gasteiger partial charge < -0.3 is 0 Å². The van der Waals surface area contributed by atoms with Gasteiger partial charge in [0.1, 0.15) is 0 Å². The maximum Gasteiger partial charge on any atom is 0.0662 e. The van der Waals surface area contributed by atoms with E-state index in [-0.39, 0.29) is 5.92 Å². The standard InChI is InChI=1S/C28H45N/c1-3-5-7-9-11-13-25-18-20-27(21-19-25)28(23-29)22-26-16-14-24(15-17-26)12-10-8-6-4-2/h14-17,25,27-28H,3-13,18-22H2,1-2H3/t25-,27-,28?. The molecule has 0 radical (unpaired) electrons. The Bertz CT molecular complexity index is 559. The van der Waals surface area contributed by atoms with E-state index in [1.165, 1.54) is 107 Å². The van der Waals surface area contributed by atoms with Crippen LogP contribution >= 0.6 is 0 Å². The molecule has 0 amide bonds. The Kier molecular flexibility index (Phi) is 12.1. The van der Waals surface area contributed by atoms with Crippen molar-refractivity contribution in [3.05, 3.63) is 35.4 Å². The third-order valence-electron chi connectivity index (χ3n) is 7.14. The fraction of sp³-hybridized carbons (Fsp3) is 0.750. The molecule has 1 aromatic carbocycles. The summed E-state index contributed by atoms with van der Waals surface area (Å²) in [6.07, 6.45) is 21.1. The summed E-state index contributed by atoms with van der Waals surface area (Å²) in [5, 5.41) is 9.80. The number of aryl methyl sites for hydroxylation is 1. The van der Waals surface area contributed by atoms with E-state index in [2.05, 4.69) is 44.2 Å². The minimum atomic E-state index is 0.205. The normalized spacial score (nSPS) is 20.3. The minimum Gasteiger partial charge on any atom is -0.198 e. The van der Waals surface area contributed by atoms with E-state index in [1.807, 2.05) is 0 Å². The van der Waals surface area contributed by atoms with Crippen LogP contribution in [0.15, 0.2) is 24.3 Å². The van der Waals surface area contributed by atoms with Gasteiger partial charge in [0.05, 0.1) is 12.0 Å². The molecule has 0 aromatic heterocycles. The lowest BCUT2D eigenvalue weighted by Crippen LogP contribution is -2.22. The summed E-state index contributed by atoms with van der Waals surface area (Å²) in [5.74, 6) is 1.75. The van der Waals surface area contributed by atoms with E-state index < -0.39 is 0 Å². The fourth-order valence-electron chi connectivity index (χ4n) is 5.09. The molecule has 162 valence electrons. The molecule has 29 heavy (non-hydrogen) atoms. The van der Waals surface area contributed by atoms with Crippen molar-refractivity contribution in [1.29, 1.82) is 5.26 Å². The van der Waals surface area contributed by atoms with Crippen LogP contribution in [0.3, 0.4) is 0 Å². The van der Waals surface area contributed by atoms with Gasteiger partial charge in [0.25, 0.3) is 0 Å². The highest BCUT2D eigenvalue weighted by molar-refractivity contribution is 5.24. The number of unbranched alkanes of at least 4 members (excludes halogenated alkanes) is 7. The van der Waals surface area contributed by atoms with Gasteiger partial charge in [0, 0.05) is 0 Å². The monoisotopic (exact) mass is 395 g/mol. The Morgan fingerprint density at radius 3 is 2.00 bits per heavy atom. The summed E-state index contributed by atoms with van der Waals surface area (Å²) in [4.78, 5) is 0. The van der Waals surface area contributed by atoms with Gasteiger partial charge in [-0.2, -0.15) is 5.26 Å². The molecule has 1 aromatic rings. The first-order valence-electron chi connectivity index (χ1n) is 12.7. The van der Waals surface area contributed by atoms with Crippen LogP contribution in [0, 0.1) is 29.1 Å². The highest BCUT2D eigenvalue weighted by Crippen LogP contribution is 2.37. The number of hydrogen-bond acceptors (Lipinski definition) is 1. The summed E-state index contributed by atoms with van der Waals surface area (Å²) < 4.78 is 0. The molecule has 0 heterocycles. The molecule has 1 heteroatoms. The second-order valence-electron chi connectivity index (χ2n) is 9.55. The molecule has 1 unspecified atom stereocenters. The Balaban J connectivity index is 1.70. The van der Waals surface area contributed by atoms with Crippen LogP contribution in [0.2, 0.25) is 0 Å². The SMILES string of the molecule is CCCCCCC[C@H]1CC[C@H](C(C#N)Cc2ccc(CCCCCC)cc2)CC1. The van der Waals surface area contributed by atoms with Crippen LogP contribution in [-0.4, -0.2) is 0 Å². The predicted molar refractivity (Wildman–Crippen MR) is 126 cm³/mol. The van der Waals surface area contributed by atoms with E-state index in [9.17, 15) is 5.26 Å². The fourth-order valence-corrected chi connectivity index (χ4v) is 5.09. The smallest absolute Gasteiger partial charge is 0.0662 e. The van der Waals surface area contributed by atoms with Gasteiger partial charge in [-0.3, -0.25) is 0 Å². The van der Waals surface area contributed by atoms with Gasteiger partial charge in [-0.15, -0.1) is 0 Å². The first-order valence-corrected chi connectivity index (χ1v) is 12.7. The lowest BCUT2D eigenvalue weighted by Gasteiger charge is -2.31. The van der Waals surface area contributed by atoms with E-state index in [0.717, 1.165) is 12.3 Å². The summed E-state index contributed by atoms with van der Waals surface area (Å²) in [5.41, 5.74) is 2.81. The van der Waals surface area contributed by atoms with Crippen LogP contribution in [0.5, 0.6) is 0 Å². The van der Waals surface area contributed by atoms with Crippen molar-refractivity contribution in [3.8, 4) is 6.07 Å². The Morgan fingerprint density at radius 2 is 1.38 bits per heavy atom. The molecule has 1 nitrogen and oxygen atoms in total. The number of benzene rings is 1. The van der Waals surface area contributed by atoms with Gasteiger partial charge in [-0.25, -0.2) is 0 Å². The van der Waals surface area contributed by atoms with Crippen LogP contribution in [0.25, 0.3) is 0 Å². The Hall–Kier alpha value is -1.29. The van der Waals surface area contributed by atoms with Crippen molar-refractivity contribution in [3.63, 3.8) is 0 Å². The first kappa shape index (κ1) is 24.0. The highest BCUT2D eigenvalue weighted by Gasteiger charge is 2.27. The van der Waals surface area contributed by atoms with Crippen molar-refractivity contribution in [2.24, 2.45) is 17.8 Å². The average Bonchev–Trinajstić information content (AvgIpc) is 2.76. The minimum absolute atomic E-state index is 0.205. The molecule has 0 bridgehead atoms. The first-order chi connectivity index (χ1) is 14.3. The molecule has 2 rings (SSSR count). The highest BCUT2D eigenvalue weighted by atomic mass is 14.4.